The average Bonchev–Trinajstić information content (AvgIpc) is 3.14. The van der Waals surface area contributed by atoms with Gasteiger partial charge in [0.2, 0.25) is 0 Å². The number of aliphatic imine (C=N–C) groups is 1. The minimum atomic E-state index is -0.0664. The maximum absolute atomic E-state index is 5.73. The van der Waals surface area contributed by atoms with Crippen LogP contribution in [0.5, 0.6) is 11.5 Å². The molecule has 6 nitrogen and oxygen atoms in total. The second-order valence-electron chi connectivity index (χ2n) is 7.75. The molecule has 0 bridgehead atoms. The Balaban J connectivity index is 0.00000261. The van der Waals surface area contributed by atoms with Crippen molar-refractivity contribution < 1.29 is 14.2 Å². The van der Waals surface area contributed by atoms with Gasteiger partial charge in [-0.05, 0) is 24.1 Å². The Kier molecular flexibility index (Phi) is 8.03. The molecule has 1 atom stereocenters. The van der Waals surface area contributed by atoms with E-state index < -0.39 is 0 Å². The van der Waals surface area contributed by atoms with Crippen LogP contribution in [0.3, 0.4) is 0 Å². The minimum Gasteiger partial charge on any atom is -0.486 e. The Morgan fingerprint density at radius 1 is 1.22 bits per heavy atom. The Morgan fingerprint density at radius 2 is 1.96 bits per heavy atom. The van der Waals surface area contributed by atoms with Crippen LogP contribution in [-0.4, -0.2) is 64.5 Å². The van der Waals surface area contributed by atoms with E-state index in [2.05, 4.69) is 48.2 Å². The predicted octanol–water partition coefficient (Wildman–Crippen LogP) is 2.90. The molecule has 0 aliphatic carbocycles. The van der Waals surface area contributed by atoms with Crippen molar-refractivity contribution in [2.45, 2.75) is 25.7 Å². The molecule has 152 valence electrons. The van der Waals surface area contributed by atoms with E-state index in [0.717, 1.165) is 50.2 Å². The molecule has 0 amide bonds. The van der Waals surface area contributed by atoms with Gasteiger partial charge in [0.05, 0.1) is 6.61 Å². The summed E-state index contributed by atoms with van der Waals surface area (Å²) in [5.74, 6) is 3.18. The monoisotopic (exact) mass is 489 g/mol. The lowest BCUT2D eigenvalue weighted by Crippen LogP contribution is -2.45. The van der Waals surface area contributed by atoms with E-state index in [0.29, 0.717) is 19.1 Å². The molecular formula is C20H32IN3O3. The summed E-state index contributed by atoms with van der Waals surface area (Å²) in [6.45, 7) is 9.15. The van der Waals surface area contributed by atoms with Crippen molar-refractivity contribution in [1.82, 2.24) is 10.2 Å². The largest absolute Gasteiger partial charge is 0.486 e. The summed E-state index contributed by atoms with van der Waals surface area (Å²) in [5, 5.41) is 3.53. The molecule has 1 N–H and O–H groups in total. The topological polar surface area (TPSA) is 55.3 Å². The van der Waals surface area contributed by atoms with E-state index in [1.165, 1.54) is 5.56 Å². The van der Waals surface area contributed by atoms with Crippen LogP contribution in [0.25, 0.3) is 0 Å². The molecule has 2 aliphatic heterocycles. The average molecular weight is 489 g/mol. The van der Waals surface area contributed by atoms with E-state index in [9.17, 15) is 0 Å². The summed E-state index contributed by atoms with van der Waals surface area (Å²) in [6, 6.07) is 6.22. The second-order valence-corrected chi connectivity index (χ2v) is 7.75. The van der Waals surface area contributed by atoms with E-state index in [-0.39, 0.29) is 29.4 Å². The standard InChI is InChI=1S/C20H31N3O3.HI/c1-20(2,16-5-6-17-18(11-16)26-10-9-25-17)14-22-19(21-3)23(4)12-15-7-8-24-13-15;/h5-6,11,15H,7-10,12-14H2,1-4H3,(H,21,22);1H. The number of hydrogen-bond acceptors (Lipinski definition) is 4. The van der Waals surface area contributed by atoms with Gasteiger partial charge in [-0.25, -0.2) is 0 Å². The van der Waals surface area contributed by atoms with Crippen molar-refractivity contribution in [3.05, 3.63) is 23.8 Å². The van der Waals surface area contributed by atoms with Crippen LogP contribution < -0.4 is 14.8 Å². The van der Waals surface area contributed by atoms with Gasteiger partial charge in [0.15, 0.2) is 17.5 Å². The molecule has 0 aromatic heterocycles. The fraction of sp³-hybridized carbons (Fsp3) is 0.650. The fourth-order valence-corrected chi connectivity index (χ4v) is 3.45. The summed E-state index contributed by atoms with van der Waals surface area (Å²) in [4.78, 5) is 6.64. The SMILES string of the molecule is CN=C(NCC(C)(C)c1ccc2c(c1)OCCO2)N(C)CC1CCOC1.I. The number of nitrogens with zero attached hydrogens (tertiary/aromatic N) is 2. The van der Waals surface area contributed by atoms with Gasteiger partial charge in [-0.15, -0.1) is 24.0 Å². The third-order valence-electron chi connectivity index (χ3n) is 5.14. The number of hydrogen-bond donors (Lipinski definition) is 1. The van der Waals surface area contributed by atoms with E-state index in [1.807, 2.05) is 13.1 Å². The van der Waals surface area contributed by atoms with E-state index in [1.54, 1.807) is 0 Å². The number of rotatable bonds is 5. The Labute approximate surface area is 179 Å². The molecule has 2 heterocycles. The third-order valence-corrected chi connectivity index (χ3v) is 5.14. The summed E-state index contributed by atoms with van der Waals surface area (Å²) in [6.07, 6.45) is 1.13. The Bertz CT molecular complexity index is 645. The van der Waals surface area contributed by atoms with Crippen molar-refractivity contribution in [1.29, 1.82) is 0 Å². The first-order valence-electron chi connectivity index (χ1n) is 9.39. The fourth-order valence-electron chi connectivity index (χ4n) is 3.45. The van der Waals surface area contributed by atoms with Crippen molar-refractivity contribution in [2.24, 2.45) is 10.9 Å². The van der Waals surface area contributed by atoms with Crippen molar-refractivity contribution in [3.63, 3.8) is 0 Å². The van der Waals surface area contributed by atoms with Crippen LogP contribution in [0, 0.1) is 5.92 Å². The molecule has 2 aliphatic rings. The number of fused-ring (bicyclic) bond motifs is 1. The van der Waals surface area contributed by atoms with Crippen LogP contribution in [0.4, 0.5) is 0 Å². The zero-order chi connectivity index (χ0) is 18.6. The molecule has 0 radical (unpaired) electrons. The van der Waals surface area contributed by atoms with Gasteiger partial charge in [-0.3, -0.25) is 4.99 Å². The lowest BCUT2D eigenvalue weighted by atomic mass is 9.84. The number of nitrogens with one attached hydrogen (secondary N) is 1. The number of ether oxygens (including phenoxy) is 3. The van der Waals surface area contributed by atoms with Crippen LogP contribution in [0.15, 0.2) is 23.2 Å². The summed E-state index contributed by atoms with van der Waals surface area (Å²) in [5.41, 5.74) is 1.15. The van der Waals surface area contributed by atoms with Crippen LogP contribution in [-0.2, 0) is 10.2 Å². The highest BCUT2D eigenvalue weighted by Gasteiger charge is 2.25. The van der Waals surface area contributed by atoms with Crippen molar-refractivity contribution in [3.8, 4) is 11.5 Å². The first-order chi connectivity index (χ1) is 12.5. The quantitative estimate of drug-likeness (QED) is 0.392. The highest BCUT2D eigenvalue weighted by molar-refractivity contribution is 14.0. The highest BCUT2D eigenvalue weighted by atomic mass is 127. The lowest BCUT2D eigenvalue weighted by molar-refractivity contribution is 0.171. The van der Waals surface area contributed by atoms with Gasteiger partial charge in [0.1, 0.15) is 13.2 Å². The second kappa shape index (κ2) is 9.82. The van der Waals surface area contributed by atoms with Gasteiger partial charge in [0.25, 0.3) is 0 Å². The molecule has 0 saturated carbocycles. The molecule has 7 heteroatoms. The summed E-state index contributed by atoms with van der Waals surface area (Å²) < 4.78 is 16.8. The molecule has 1 aromatic carbocycles. The first kappa shape index (κ1) is 22.1. The van der Waals surface area contributed by atoms with Gasteiger partial charge in [-0.2, -0.15) is 0 Å². The van der Waals surface area contributed by atoms with E-state index in [4.69, 9.17) is 14.2 Å². The first-order valence-corrected chi connectivity index (χ1v) is 9.39. The molecule has 1 unspecified atom stereocenters. The number of guanidine groups is 1. The van der Waals surface area contributed by atoms with Gasteiger partial charge in [0, 0.05) is 45.1 Å². The minimum absolute atomic E-state index is 0. The van der Waals surface area contributed by atoms with Gasteiger partial charge < -0.3 is 24.4 Å². The molecule has 1 fully saturated rings. The van der Waals surface area contributed by atoms with Crippen molar-refractivity contribution in [2.75, 3.05) is 53.6 Å². The van der Waals surface area contributed by atoms with Gasteiger partial charge >= 0.3 is 0 Å². The van der Waals surface area contributed by atoms with Crippen LogP contribution in [0.1, 0.15) is 25.8 Å². The highest BCUT2D eigenvalue weighted by Crippen LogP contribution is 2.34. The van der Waals surface area contributed by atoms with Crippen LogP contribution >= 0.6 is 24.0 Å². The summed E-state index contributed by atoms with van der Waals surface area (Å²) >= 11 is 0. The summed E-state index contributed by atoms with van der Waals surface area (Å²) in [7, 11) is 3.92. The normalized spacial score (nSPS) is 19.4. The maximum Gasteiger partial charge on any atom is 0.193 e. The number of halogens is 1. The zero-order valence-electron chi connectivity index (χ0n) is 16.8. The third kappa shape index (κ3) is 5.63. The Hall–Kier alpha value is -1.22. The smallest absolute Gasteiger partial charge is 0.193 e. The lowest BCUT2D eigenvalue weighted by Gasteiger charge is -2.31. The maximum atomic E-state index is 5.73. The van der Waals surface area contributed by atoms with E-state index >= 15 is 0 Å². The predicted molar refractivity (Wildman–Crippen MR) is 119 cm³/mol. The number of benzene rings is 1. The molecule has 27 heavy (non-hydrogen) atoms. The molecule has 1 aromatic rings. The molecule has 3 rings (SSSR count). The Morgan fingerprint density at radius 3 is 2.63 bits per heavy atom. The zero-order valence-corrected chi connectivity index (χ0v) is 19.1. The van der Waals surface area contributed by atoms with Crippen LogP contribution in [0.2, 0.25) is 0 Å². The molecule has 0 spiro atoms. The molecule has 1 saturated heterocycles. The van der Waals surface area contributed by atoms with Gasteiger partial charge in [-0.1, -0.05) is 19.9 Å². The molecular weight excluding hydrogens is 457 g/mol. The van der Waals surface area contributed by atoms with Crippen molar-refractivity contribution >= 4 is 29.9 Å².